The Hall–Kier alpha value is -4.54. The maximum atomic E-state index is 10.3. The van der Waals surface area contributed by atoms with Gasteiger partial charge in [-0.1, -0.05) is 158 Å². The second-order valence-electron chi connectivity index (χ2n) is 43.1. The van der Waals surface area contributed by atoms with Crippen LogP contribution in [0.5, 0.6) is 34.5 Å². The fraction of sp³-hybridized carbons (Fsp3) is 0.747. The Morgan fingerprint density at radius 3 is 1.22 bits per heavy atom. The van der Waals surface area contributed by atoms with Gasteiger partial charge in [0, 0.05) is 45.6 Å². The van der Waals surface area contributed by atoms with Gasteiger partial charge in [-0.05, 0) is 347 Å². The molecule has 17 heteroatoms. The summed E-state index contributed by atoms with van der Waals surface area (Å²) in [7, 11) is -2.52. The van der Waals surface area contributed by atoms with Gasteiger partial charge in [0.2, 0.25) is 20.4 Å². The van der Waals surface area contributed by atoms with Crippen LogP contribution in [0.3, 0.4) is 0 Å². The van der Waals surface area contributed by atoms with Crippen LogP contribution in [0.2, 0.25) is 36.3 Å². The fourth-order valence-corrected chi connectivity index (χ4v) is 26.9. The molecule has 9 aliphatic carbocycles. The zero-order chi connectivity index (χ0) is 84.4. The second-order valence-corrected chi connectivity index (χ2v) is 52.8. The Balaban J connectivity index is 0.000000160. The van der Waals surface area contributed by atoms with E-state index >= 15 is 0 Å². The molecule has 0 amide bonds. The summed E-state index contributed by atoms with van der Waals surface area (Å²) < 4.78 is 46.2. The summed E-state index contributed by atoms with van der Waals surface area (Å²) in [5.74, 6) is 13.8. The molecule has 9 saturated carbocycles. The van der Waals surface area contributed by atoms with E-state index < -0.39 is 16.6 Å². The predicted molar refractivity (Wildman–Crippen MR) is 476 cm³/mol. The lowest BCUT2D eigenvalue weighted by Gasteiger charge is -2.57. The number of benzene rings is 3. The topological polar surface area (TPSA) is 202 Å². The van der Waals surface area contributed by atoms with Crippen molar-refractivity contribution in [1.29, 1.82) is 0 Å². The summed E-state index contributed by atoms with van der Waals surface area (Å²) in [4.78, 5) is 10.3. The van der Waals surface area contributed by atoms with Crippen molar-refractivity contribution in [2.75, 3.05) is 66.9 Å². The van der Waals surface area contributed by atoms with Crippen molar-refractivity contribution in [1.82, 2.24) is 10.6 Å². The van der Waals surface area contributed by atoms with Gasteiger partial charge in [-0.3, -0.25) is 4.79 Å². The lowest BCUT2D eigenvalue weighted by Crippen LogP contribution is -2.53. The van der Waals surface area contributed by atoms with E-state index in [0.717, 1.165) is 144 Å². The number of nitrogens with two attached hydrogens (primary N) is 1. The molecule has 0 saturated heterocycles. The first-order valence-electron chi connectivity index (χ1n) is 45.6. The number of ether oxygens (including phenoxy) is 6. The standard InChI is InChI=1S/C35H57NO3Si.C28H41NO4.C27H51NOSi.C8H6O3.CH4O/c1-24-14-16-35(7,27(18-24)22-39-40(8,9)33(3,4)5)30-15-17-34(6)25(2)10-12-29(34)28(30)21-36-20-26-11-13-31-32(19-26)38-23-37-31;1-18-4-6-23-22(15-29-14-19-5-7-25-26(12-19)33-17-32-25)24(9-11-27(18,23)2)28(3)10-8-21(31)13-20(28)16-30;1-19-12-14-27(7,21(16-19)18-29-30(8,9)25(3,4)5)24-13-15-26(6)20(2)10-11-23(26)22(24)17-28;9-4-6-1-2-7-8(3-6)11-5-10-7;1-2/h11,13,19,24,27-30,36H,2,10,12,14-18,20-23H2,1,3-9H3;5,7,12,20-24,29-31H,1,4,6,8-11,13-17H2,2-3H3;19,21-24H,2,10-18,28H2,1,3-9H3;1-4H,5H2;2H,1H3/t24-,27+,28-,29-,30-,34+,35-;20-,21+,22+,23+,24+,27-,28+;19-,21+,22-,23-,24-,26+,27-;;/m010../s1. The van der Waals surface area contributed by atoms with Gasteiger partial charge in [0.15, 0.2) is 51.1 Å². The van der Waals surface area contributed by atoms with Crippen molar-refractivity contribution in [2.24, 2.45) is 121 Å². The van der Waals surface area contributed by atoms with E-state index in [-0.39, 0.29) is 46.3 Å². The molecule has 0 unspecified atom stereocenters. The Morgan fingerprint density at radius 1 is 0.483 bits per heavy atom. The van der Waals surface area contributed by atoms with Crippen molar-refractivity contribution in [2.45, 2.75) is 287 Å². The van der Waals surface area contributed by atoms with E-state index in [9.17, 15) is 15.0 Å². The SMILES string of the molecule is C=C1CC[C@H]2[C@H](CN)[C@@H]([C@@]3(C)CC[C@H](C)C[C@@H]3CO[Si](C)(C)C(C)(C)C)CC[C@]12C.C=C1CC[C@H]2[C@H](CNCc3ccc4c(c3)OCO4)[C@@H]([C@@]3(C)CC[C@H](C)C[C@@H]3CO[Si](C)(C)C(C)(C)C)CC[C@]12C.C=C1CC[C@H]2[C@H](CNCc3ccc4c(c3)OCO4)[C@@H]([C@@]3(C)CC[C@H](O)C[C@@H]3CO)CC[C@]12C.CO.O=Cc1ccc2c(c1)OCO2. The number of hydrogen-bond donors (Lipinski definition) is 6. The molecule has 3 aromatic carbocycles. The minimum absolute atomic E-state index is 0.0737. The number of nitrogens with one attached hydrogen (secondary N) is 2. The summed E-state index contributed by atoms with van der Waals surface area (Å²) in [5.41, 5.74) is 15.7. The molecule has 7 N–H and O–H groups in total. The van der Waals surface area contributed by atoms with E-state index in [4.69, 9.17) is 48.1 Å². The molecular weight excluding hydrogens is 1480 g/mol. The van der Waals surface area contributed by atoms with Gasteiger partial charge in [0.1, 0.15) is 6.29 Å². The van der Waals surface area contributed by atoms with Gasteiger partial charge < -0.3 is 69.0 Å². The number of allylic oxidation sites excluding steroid dienone is 3. The molecule has 15 nitrogen and oxygen atoms in total. The molecule has 21 atom stereocenters. The summed E-state index contributed by atoms with van der Waals surface area (Å²) >= 11 is 0. The molecular formula is C99H159N3O12Si2. The molecule has 12 aliphatic rings. The van der Waals surface area contributed by atoms with Gasteiger partial charge in [-0.15, -0.1) is 0 Å². The predicted octanol–water partition coefficient (Wildman–Crippen LogP) is 21.9. The Bertz CT molecular complexity index is 3830. The number of fused-ring (bicyclic) bond motifs is 6. The van der Waals surface area contributed by atoms with Crippen LogP contribution in [-0.4, -0.2) is 111 Å². The van der Waals surface area contributed by atoms with Crippen molar-refractivity contribution in [3.8, 4) is 34.5 Å². The van der Waals surface area contributed by atoms with E-state index in [1.54, 1.807) is 18.2 Å². The molecule has 0 radical (unpaired) electrons. The second kappa shape index (κ2) is 37.3. The quantitative estimate of drug-likeness (QED) is 0.0354. The summed E-state index contributed by atoms with van der Waals surface area (Å²) in [6, 6.07) is 17.7. The molecule has 3 aromatic rings. The molecule has 0 bridgehead atoms. The molecule has 0 aromatic heterocycles. The molecule has 9 fully saturated rings. The number of aliphatic hydroxyl groups excluding tert-OH is 3. The van der Waals surface area contributed by atoms with Crippen LogP contribution < -0.4 is 44.8 Å². The van der Waals surface area contributed by atoms with E-state index in [0.29, 0.717) is 93.7 Å². The maximum Gasteiger partial charge on any atom is 0.231 e. The number of aliphatic hydroxyl groups is 3. The van der Waals surface area contributed by atoms with E-state index in [1.807, 2.05) is 6.07 Å². The normalized spacial score (nSPS) is 36.3. The van der Waals surface area contributed by atoms with E-state index in [1.165, 1.54) is 137 Å². The number of hydrogen-bond acceptors (Lipinski definition) is 15. The van der Waals surface area contributed by atoms with Crippen molar-refractivity contribution >= 4 is 22.9 Å². The van der Waals surface area contributed by atoms with Gasteiger partial charge >= 0.3 is 0 Å². The summed E-state index contributed by atoms with van der Waals surface area (Å²) in [6.45, 7) is 65.1. The highest BCUT2D eigenvalue weighted by molar-refractivity contribution is 6.74. The van der Waals surface area contributed by atoms with Crippen LogP contribution in [-0.2, 0) is 21.9 Å². The smallest absolute Gasteiger partial charge is 0.231 e. The van der Waals surface area contributed by atoms with Crippen molar-refractivity contribution in [3.05, 3.63) is 108 Å². The van der Waals surface area contributed by atoms with Gasteiger partial charge in [-0.25, -0.2) is 0 Å². The lowest BCUT2D eigenvalue weighted by atomic mass is 9.49. The minimum Gasteiger partial charge on any atom is -0.454 e. The van der Waals surface area contributed by atoms with Crippen LogP contribution in [0.25, 0.3) is 0 Å². The number of carbonyl (C=O) groups excluding carboxylic acids is 1. The highest BCUT2D eigenvalue weighted by Gasteiger charge is 2.61. The Morgan fingerprint density at radius 2 is 0.836 bits per heavy atom. The highest BCUT2D eigenvalue weighted by Crippen LogP contribution is 2.68. The number of carbonyl (C=O) groups is 1. The van der Waals surface area contributed by atoms with Gasteiger partial charge in [0.25, 0.3) is 0 Å². The largest absolute Gasteiger partial charge is 0.454 e. The summed E-state index contributed by atoms with van der Waals surface area (Å²) in [6.07, 6.45) is 26.2. The zero-order valence-electron chi connectivity index (χ0n) is 75.8. The third-order valence-corrected chi connectivity index (χ3v) is 44.0. The zero-order valence-corrected chi connectivity index (χ0v) is 77.8. The van der Waals surface area contributed by atoms with E-state index in [2.05, 4.69) is 184 Å². The first-order chi connectivity index (χ1) is 54.7. The maximum absolute atomic E-state index is 10.3. The van der Waals surface area contributed by atoms with Crippen molar-refractivity contribution < 1.29 is 57.4 Å². The monoisotopic (exact) mass is 1640 g/mol. The van der Waals surface area contributed by atoms with Gasteiger partial charge in [0.05, 0.1) is 6.10 Å². The summed E-state index contributed by atoms with van der Waals surface area (Å²) in [5, 5.41) is 35.9. The Labute approximate surface area is 704 Å². The molecule has 650 valence electrons. The first kappa shape index (κ1) is 92.2. The highest BCUT2D eigenvalue weighted by atomic mass is 28.4. The molecule has 15 rings (SSSR count). The van der Waals surface area contributed by atoms with Crippen LogP contribution in [0, 0.1) is 115 Å². The van der Waals surface area contributed by atoms with Crippen LogP contribution >= 0.6 is 0 Å². The fourth-order valence-electron chi connectivity index (χ4n) is 24.8. The molecule has 3 aliphatic heterocycles. The third-order valence-electron chi connectivity index (χ3n) is 35.0. The van der Waals surface area contributed by atoms with Crippen LogP contribution in [0.1, 0.15) is 253 Å². The third kappa shape index (κ3) is 19.1. The molecule has 116 heavy (non-hydrogen) atoms. The van der Waals surface area contributed by atoms with Crippen LogP contribution in [0.15, 0.2) is 91.1 Å². The van der Waals surface area contributed by atoms with Crippen LogP contribution in [0.4, 0.5) is 0 Å². The lowest BCUT2D eigenvalue weighted by molar-refractivity contribution is -0.0933. The molecule has 0 spiro atoms. The first-order valence-corrected chi connectivity index (χ1v) is 51.4. The van der Waals surface area contributed by atoms with Gasteiger partial charge in [-0.2, -0.15) is 0 Å². The average molecular weight is 1640 g/mol. The Kier molecular flexibility index (Phi) is 29.6. The number of aldehydes is 1. The minimum atomic E-state index is -1.79. The van der Waals surface area contributed by atoms with Crippen molar-refractivity contribution in [3.63, 3.8) is 0 Å². The number of rotatable bonds is 20. The average Bonchev–Trinajstić information content (AvgIpc) is 1.57. The molecule has 3 heterocycles.